The molecule has 1 saturated heterocycles. The molecule has 0 aliphatic carbocycles. The Hall–Kier alpha value is -0.780. The number of carbonyl (C=O) groups is 2. The first-order valence-corrected chi connectivity index (χ1v) is 4.76. The summed E-state index contributed by atoms with van der Waals surface area (Å²) in [6, 6.07) is -3.34. The van der Waals surface area contributed by atoms with Crippen LogP contribution in [0.5, 0.6) is 0 Å². The van der Waals surface area contributed by atoms with Crippen LogP contribution in [-0.4, -0.2) is 31.7 Å². The molecule has 0 bridgehead atoms. The molecule has 1 aliphatic rings. The zero-order valence-electron chi connectivity index (χ0n) is 6.80. The number of nitrogens with zero attached hydrogens (tertiary/aromatic N) is 2. The van der Waals surface area contributed by atoms with E-state index in [4.69, 9.17) is 0 Å². The minimum Gasteiger partial charge on any atom is -0.245 e. The van der Waals surface area contributed by atoms with Crippen molar-refractivity contribution in [2.45, 2.75) is 11.0 Å². The Morgan fingerprint density at radius 3 is 1.19 bits per heavy atom. The summed E-state index contributed by atoms with van der Waals surface area (Å²) < 4.78 is 69.4. The van der Waals surface area contributed by atoms with E-state index in [0.29, 0.717) is 0 Å². The SMILES string of the molecule is O=C1N(SC(F)(F)F)C(=O)N1SC(F)(F)F. The lowest BCUT2D eigenvalue weighted by Crippen LogP contribution is -2.58. The standard InChI is InChI=1S/C4F6N2O2S2/c5-3(6,7)15-11-1(13)12(2(11)14)16-4(8,9)10. The predicted molar refractivity (Wildman–Crippen MR) is 41.8 cm³/mol. The van der Waals surface area contributed by atoms with Crippen molar-refractivity contribution in [1.29, 1.82) is 0 Å². The minimum atomic E-state index is -4.92. The molecular formula is C4F6N2O2S2. The van der Waals surface area contributed by atoms with E-state index in [1.165, 1.54) is 0 Å². The van der Waals surface area contributed by atoms with E-state index >= 15 is 0 Å². The molecule has 0 atom stereocenters. The molecule has 0 unspecified atom stereocenters. The van der Waals surface area contributed by atoms with E-state index in [0.717, 1.165) is 0 Å². The summed E-state index contributed by atoms with van der Waals surface area (Å²) in [4.78, 5) is 21.4. The van der Waals surface area contributed by atoms with E-state index < -0.39 is 55.6 Å². The molecule has 16 heavy (non-hydrogen) atoms. The van der Waals surface area contributed by atoms with Gasteiger partial charge >= 0.3 is 23.1 Å². The molecule has 4 nitrogen and oxygen atoms in total. The average molecular weight is 286 g/mol. The molecule has 12 heteroatoms. The number of rotatable bonds is 2. The largest absolute Gasteiger partial charge is 0.462 e. The second-order valence-electron chi connectivity index (χ2n) is 2.23. The van der Waals surface area contributed by atoms with Crippen LogP contribution in [0, 0.1) is 0 Å². The van der Waals surface area contributed by atoms with E-state index in [1.54, 1.807) is 0 Å². The number of alkyl halides is 6. The number of imide groups is 2. The van der Waals surface area contributed by atoms with Crippen LogP contribution >= 0.6 is 23.9 Å². The monoisotopic (exact) mass is 286 g/mol. The number of urea groups is 2. The van der Waals surface area contributed by atoms with Gasteiger partial charge in [0.2, 0.25) is 0 Å². The molecule has 0 radical (unpaired) electrons. The van der Waals surface area contributed by atoms with Crippen LogP contribution in [0.4, 0.5) is 35.9 Å². The second kappa shape index (κ2) is 3.91. The van der Waals surface area contributed by atoms with Gasteiger partial charge in [-0.15, -0.1) is 0 Å². The van der Waals surface area contributed by atoms with E-state index in [1.807, 2.05) is 0 Å². The number of carbonyl (C=O) groups excluding carboxylic acids is 2. The molecule has 0 N–H and O–H groups in total. The van der Waals surface area contributed by atoms with E-state index in [-0.39, 0.29) is 0 Å². The van der Waals surface area contributed by atoms with Crippen LogP contribution < -0.4 is 0 Å². The first kappa shape index (κ1) is 13.3. The number of halogens is 6. The number of hydrogen-bond donors (Lipinski definition) is 0. The molecule has 92 valence electrons. The highest BCUT2D eigenvalue weighted by Gasteiger charge is 2.54. The van der Waals surface area contributed by atoms with Crippen molar-refractivity contribution in [3.8, 4) is 0 Å². The average Bonchev–Trinajstić information content (AvgIpc) is 2.07. The van der Waals surface area contributed by atoms with Crippen LogP contribution in [0.3, 0.4) is 0 Å². The van der Waals surface area contributed by atoms with Gasteiger partial charge in [-0.2, -0.15) is 35.0 Å². The van der Waals surface area contributed by atoms with Crippen molar-refractivity contribution in [1.82, 2.24) is 8.61 Å². The van der Waals surface area contributed by atoms with Crippen molar-refractivity contribution >= 4 is 36.0 Å². The Morgan fingerprint density at radius 1 is 0.750 bits per heavy atom. The zero-order chi connectivity index (χ0) is 12.7. The Balaban J connectivity index is 2.60. The summed E-state index contributed by atoms with van der Waals surface area (Å²) in [5.74, 6) is 0. The lowest BCUT2D eigenvalue weighted by Gasteiger charge is -2.36. The maximum atomic E-state index is 11.7. The van der Waals surface area contributed by atoms with Crippen LogP contribution in [-0.2, 0) is 0 Å². The molecule has 1 fully saturated rings. The highest BCUT2D eigenvalue weighted by atomic mass is 32.2. The van der Waals surface area contributed by atoms with Crippen LogP contribution in [0.15, 0.2) is 0 Å². The molecule has 0 saturated carbocycles. The highest BCUT2D eigenvalue weighted by Crippen LogP contribution is 2.44. The third-order valence-corrected chi connectivity index (χ3v) is 2.49. The van der Waals surface area contributed by atoms with Gasteiger partial charge in [-0.05, 0) is 0 Å². The molecule has 1 aliphatic heterocycles. The molecule has 0 aromatic heterocycles. The Kier molecular flexibility index (Phi) is 3.24. The molecule has 1 heterocycles. The van der Waals surface area contributed by atoms with Gasteiger partial charge in [0.15, 0.2) is 0 Å². The van der Waals surface area contributed by atoms with Gasteiger partial charge in [-0.3, -0.25) is 0 Å². The van der Waals surface area contributed by atoms with Crippen molar-refractivity contribution in [3.63, 3.8) is 0 Å². The summed E-state index contributed by atoms with van der Waals surface area (Å²) in [7, 11) is 0. The van der Waals surface area contributed by atoms with Crippen molar-refractivity contribution in [3.05, 3.63) is 0 Å². The van der Waals surface area contributed by atoms with Crippen molar-refractivity contribution < 1.29 is 35.9 Å². The summed E-state index contributed by atoms with van der Waals surface area (Å²) in [6.07, 6.45) is 0. The van der Waals surface area contributed by atoms with Crippen LogP contribution in [0.25, 0.3) is 0 Å². The summed E-state index contributed by atoms with van der Waals surface area (Å²) in [5.41, 5.74) is -9.83. The lowest BCUT2D eigenvalue weighted by atomic mass is 10.7. The summed E-state index contributed by atoms with van der Waals surface area (Å²) >= 11 is -2.20. The van der Waals surface area contributed by atoms with Crippen LogP contribution in [0.2, 0.25) is 0 Å². The van der Waals surface area contributed by atoms with Gasteiger partial charge in [0.25, 0.3) is 0 Å². The number of amides is 4. The summed E-state index contributed by atoms with van der Waals surface area (Å²) in [5, 5.41) is 0. The fourth-order valence-corrected chi connectivity index (χ4v) is 1.80. The minimum absolute atomic E-state index is 0.404. The topological polar surface area (TPSA) is 40.6 Å². The normalized spacial score (nSPS) is 17.9. The first-order chi connectivity index (χ1) is 7.01. The van der Waals surface area contributed by atoms with Gasteiger partial charge in [0.1, 0.15) is 0 Å². The van der Waals surface area contributed by atoms with Crippen LogP contribution in [0.1, 0.15) is 0 Å². The Bertz CT molecular complexity index is 283. The Morgan fingerprint density at radius 2 is 1.00 bits per heavy atom. The maximum absolute atomic E-state index is 11.7. The summed E-state index contributed by atoms with van der Waals surface area (Å²) in [6.45, 7) is 0. The van der Waals surface area contributed by atoms with Gasteiger partial charge in [0.05, 0.1) is 23.9 Å². The number of hydrogen-bond acceptors (Lipinski definition) is 4. The molecule has 4 amide bonds. The van der Waals surface area contributed by atoms with Gasteiger partial charge in [-0.1, -0.05) is 0 Å². The fourth-order valence-electron chi connectivity index (χ4n) is 0.647. The van der Waals surface area contributed by atoms with Gasteiger partial charge in [-0.25, -0.2) is 9.59 Å². The fraction of sp³-hybridized carbons (Fsp3) is 0.500. The van der Waals surface area contributed by atoms with Crippen molar-refractivity contribution in [2.24, 2.45) is 0 Å². The smallest absolute Gasteiger partial charge is 0.245 e. The highest BCUT2D eigenvalue weighted by molar-refractivity contribution is 8.01. The molecule has 1 rings (SSSR count). The predicted octanol–water partition coefficient (Wildman–Crippen LogP) is 3.18. The Labute approximate surface area is 92.2 Å². The van der Waals surface area contributed by atoms with E-state index in [2.05, 4.69) is 0 Å². The third-order valence-electron chi connectivity index (χ3n) is 1.08. The molecule has 0 aromatic rings. The van der Waals surface area contributed by atoms with Gasteiger partial charge in [0, 0.05) is 0 Å². The maximum Gasteiger partial charge on any atom is 0.462 e. The molecule has 0 spiro atoms. The molecular weight excluding hydrogens is 286 g/mol. The third kappa shape index (κ3) is 3.10. The molecule has 0 aromatic carbocycles. The second-order valence-corrected chi connectivity index (χ2v) is 4.25. The lowest BCUT2D eigenvalue weighted by molar-refractivity contribution is -0.0371. The van der Waals surface area contributed by atoms with Gasteiger partial charge < -0.3 is 0 Å². The first-order valence-electron chi connectivity index (χ1n) is 3.21. The van der Waals surface area contributed by atoms with Crippen molar-refractivity contribution in [2.75, 3.05) is 0 Å². The zero-order valence-corrected chi connectivity index (χ0v) is 8.43. The quantitative estimate of drug-likeness (QED) is 0.577. The van der Waals surface area contributed by atoms with E-state index in [9.17, 15) is 35.9 Å².